The molecule has 1 N–H and O–H groups in total. The number of rotatable bonds is 3. The second kappa shape index (κ2) is 6.55. The summed E-state index contributed by atoms with van der Waals surface area (Å²) in [7, 11) is 0. The van der Waals surface area contributed by atoms with E-state index < -0.39 is 22.7 Å². The van der Waals surface area contributed by atoms with E-state index in [1.165, 1.54) is 12.1 Å². The summed E-state index contributed by atoms with van der Waals surface area (Å²) in [6.07, 6.45) is -4.82. The predicted octanol–water partition coefficient (Wildman–Crippen LogP) is 3.85. The largest absolute Gasteiger partial charge is 0.475 e. The van der Waals surface area contributed by atoms with E-state index >= 15 is 0 Å². The van der Waals surface area contributed by atoms with Crippen molar-refractivity contribution >= 4 is 17.5 Å². The number of carbonyl (C=O) groups is 1. The maximum absolute atomic E-state index is 12.9. The molecule has 0 spiro atoms. The Morgan fingerprint density at radius 2 is 2.12 bits per heavy atom. The number of aromatic nitrogens is 1. The molecule has 0 saturated heterocycles. The summed E-state index contributed by atoms with van der Waals surface area (Å²) in [5, 5.41) is 2.29. The van der Waals surface area contributed by atoms with Crippen LogP contribution in [0, 0.1) is 6.92 Å². The van der Waals surface area contributed by atoms with Crippen LogP contribution in [0.15, 0.2) is 30.3 Å². The van der Waals surface area contributed by atoms with Gasteiger partial charge < -0.3 is 10.1 Å². The monoisotopic (exact) mass is 370 g/mol. The lowest BCUT2D eigenvalue weighted by Crippen LogP contribution is -2.30. The van der Waals surface area contributed by atoms with Gasteiger partial charge in [0.25, 0.3) is 0 Å². The van der Waals surface area contributed by atoms with Crippen molar-refractivity contribution in [1.29, 1.82) is 0 Å². The van der Waals surface area contributed by atoms with Gasteiger partial charge >= 0.3 is 6.18 Å². The molecule has 25 heavy (non-hydrogen) atoms. The van der Waals surface area contributed by atoms with Gasteiger partial charge in [-0.2, -0.15) is 13.2 Å². The highest BCUT2D eigenvalue weighted by Crippen LogP contribution is 2.36. The normalized spacial score (nSPS) is 16.3. The van der Waals surface area contributed by atoms with Crippen LogP contribution in [0.5, 0.6) is 5.88 Å². The number of nitrogens with zero attached hydrogens (tertiary/aromatic N) is 1. The van der Waals surface area contributed by atoms with E-state index in [9.17, 15) is 18.0 Å². The summed E-state index contributed by atoms with van der Waals surface area (Å²) in [6.45, 7) is 2.05. The highest BCUT2D eigenvalue weighted by atomic mass is 35.5. The number of aryl methyl sites for hydroxylation is 1. The molecular weight excluding hydrogens is 357 g/mol. The van der Waals surface area contributed by atoms with Crippen LogP contribution in [0.25, 0.3) is 0 Å². The average molecular weight is 371 g/mol. The minimum Gasteiger partial charge on any atom is -0.475 e. The molecule has 0 aliphatic carbocycles. The molecule has 1 aromatic carbocycles. The van der Waals surface area contributed by atoms with Crippen molar-refractivity contribution < 1.29 is 22.7 Å². The van der Waals surface area contributed by atoms with Gasteiger partial charge in [0.05, 0.1) is 23.0 Å². The van der Waals surface area contributed by atoms with Crippen LogP contribution in [0.3, 0.4) is 0 Å². The molecule has 1 aromatic heterocycles. The molecule has 3 rings (SSSR count). The average Bonchev–Trinajstić information content (AvgIpc) is 2.90. The van der Waals surface area contributed by atoms with Crippen LogP contribution in [0.1, 0.15) is 28.4 Å². The smallest absolute Gasteiger partial charge is 0.417 e. The Balaban J connectivity index is 1.73. The van der Waals surface area contributed by atoms with Gasteiger partial charge in [-0.25, -0.2) is 4.98 Å². The predicted molar refractivity (Wildman–Crippen MR) is 85.5 cm³/mol. The number of fused-ring (bicyclic) bond motifs is 1. The number of alkyl halides is 3. The molecule has 1 aliphatic heterocycles. The van der Waals surface area contributed by atoms with Gasteiger partial charge in [-0.3, -0.25) is 4.79 Å². The maximum atomic E-state index is 12.9. The fourth-order valence-corrected chi connectivity index (χ4v) is 2.95. The number of halogens is 4. The van der Waals surface area contributed by atoms with Crippen molar-refractivity contribution in [2.75, 3.05) is 6.61 Å². The molecule has 1 aliphatic rings. The number of hydrogen-bond acceptors (Lipinski definition) is 3. The topological polar surface area (TPSA) is 51.2 Å². The van der Waals surface area contributed by atoms with Gasteiger partial charge in [-0.05, 0) is 30.7 Å². The second-order valence-corrected chi connectivity index (χ2v) is 6.11. The van der Waals surface area contributed by atoms with Crippen LogP contribution < -0.4 is 10.1 Å². The first-order chi connectivity index (χ1) is 11.8. The molecule has 1 unspecified atom stereocenters. The minimum absolute atomic E-state index is 0.121. The summed E-state index contributed by atoms with van der Waals surface area (Å²) in [6, 6.07) is 6.75. The Morgan fingerprint density at radius 3 is 2.84 bits per heavy atom. The molecule has 0 radical (unpaired) electrons. The SMILES string of the molecule is Cc1ccc2c(n1)OCC2NC(=O)Cc1cccc(C(F)(F)F)c1Cl. The van der Waals surface area contributed by atoms with Gasteiger partial charge in [0, 0.05) is 11.3 Å². The second-order valence-electron chi connectivity index (χ2n) is 5.73. The number of hydrogen-bond donors (Lipinski definition) is 1. The lowest BCUT2D eigenvalue weighted by molar-refractivity contribution is -0.137. The fraction of sp³-hybridized carbons (Fsp3) is 0.294. The van der Waals surface area contributed by atoms with Crippen LogP contribution >= 0.6 is 11.6 Å². The number of pyridine rings is 1. The van der Waals surface area contributed by atoms with Crippen molar-refractivity contribution in [3.05, 3.63) is 57.7 Å². The Kier molecular flexibility index (Phi) is 4.60. The van der Waals surface area contributed by atoms with E-state index in [1.807, 2.05) is 13.0 Å². The fourth-order valence-electron chi connectivity index (χ4n) is 2.65. The highest BCUT2D eigenvalue weighted by Gasteiger charge is 2.34. The molecule has 2 heterocycles. The Labute approximate surface area is 147 Å². The van der Waals surface area contributed by atoms with Crippen LogP contribution in [0.2, 0.25) is 5.02 Å². The third-order valence-corrected chi connectivity index (χ3v) is 4.31. The molecule has 8 heteroatoms. The minimum atomic E-state index is -4.56. The summed E-state index contributed by atoms with van der Waals surface area (Å²) >= 11 is 5.82. The van der Waals surface area contributed by atoms with Crippen molar-refractivity contribution in [1.82, 2.24) is 10.3 Å². The third-order valence-electron chi connectivity index (χ3n) is 3.86. The van der Waals surface area contributed by atoms with E-state index in [1.54, 1.807) is 6.07 Å². The van der Waals surface area contributed by atoms with Gasteiger partial charge in [-0.15, -0.1) is 0 Å². The standard InChI is InChI=1S/C17H14ClF3N2O2/c1-9-5-6-11-13(8-25-16(11)22-9)23-14(24)7-10-3-2-4-12(15(10)18)17(19,20)21/h2-6,13H,7-8H2,1H3,(H,23,24). The molecule has 4 nitrogen and oxygen atoms in total. The van der Waals surface area contributed by atoms with Gasteiger partial charge in [0.1, 0.15) is 6.61 Å². The molecule has 132 valence electrons. The number of amides is 1. The van der Waals surface area contributed by atoms with Crippen molar-refractivity contribution in [2.24, 2.45) is 0 Å². The van der Waals surface area contributed by atoms with E-state index in [4.69, 9.17) is 16.3 Å². The van der Waals surface area contributed by atoms with Gasteiger partial charge in [-0.1, -0.05) is 23.7 Å². The van der Waals surface area contributed by atoms with Gasteiger partial charge in [0.15, 0.2) is 0 Å². The summed E-state index contributed by atoms with van der Waals surface area (Å²) < 4.78 is 44.1. The molecule has 2 aromatic rings. The van der Waals surface area contributed by atoms with Crippen LogP contribution in [0.4, 0.5) is 13.2 Å². The zero-order chi connectivity index (χ0) is 18.2. The van der Waals surface area contributed by atoms with Crippen LogP contribution in [-0.4, -0.2) is 17.5 Å². The zero-order valence-corrected chi connectivity index (χ0v) is 13.9. The molecular formula is C17H14ClF3N2O2. The molecule has 0 fully saturated rings. The van der Waals surface area contributed by atoms with E-state index in [-0.39, 0.29) is 24.6 Å². The quantitative estimate of drug-likeness (QED) is 0.892. The maximum Gasteiger partial charge on any atom is 0.417 e. The lowest BCUT2D eigenvalue weighted by Gasteiger charge is -2.14. The lowest BCUT2D eigenvalue weighted by atomic mass is 10.1. The first-order valence-corrected chi connectivity index (χ1v) is 7.88. The van der Waals surface area contributed by atoms with Crippen molar-refractivity contribution in [3.8, 4) is 5.88 Å². The third kappa shape index (κ3) is 3.71. The molecule has 1 atom stereocenters. The Morgan fingerprint density at radius 1 is 1.36 bits per heavy atom. The Hall–Kier alpha value is -2.28. The first-order valence-electron chi connectivity index (χ1n) is 7.50. The van der Waals surface area contributed by atoms with E-state index in [0.29, 0.717) is 5.88 Å². The van der Waals surface area contributed by atoms with E-state index in [2.05, 4.69) is 10.3 Å². The van der Waals surface area contributed by atoms with Crippen molar-refractivity contribution in [2.45, 2.75) is 25.6 Å². The zero-order valence-electron chi connectivity index (χ0n) is 13.2. The number of benzene rings is 1. The highest BCUT2D eigenvalue weighted by molar-refractivity contribution is 6.32. The van der Waals surface area contributed by atoms with E-state index in [0.717, 1.165) is 17.3 Å². The molecule has 1 amide bonds. The van der Waals surface area contributed by atoms with Crippen LogP contribution in [-0.2, 0) is 17.4 Å². The number of carbonyl (C=O) groups excluding carboxylic acids is 1. The summed E-state index contributed by atoms with van der Waals surface area (Å²) in [4.78, 5) is 16.5. The molecule has 0 saturated carbocycles. The first kappa shape index (κ1) is 17.5. The number of nitrogens with one attached hydrogen (secondary N) is 1. The molecule has 0 bridgehead atoms. The summed E-state index contributed by atoms with van der Waals surface area (Å²) in [5.74, 6) is 0.0191. The summed E-state index contributed by atoms with van der Waals surface area (Å²) in [5.41, 5.74) is 0.708. The van der Waals surface area contributed by atoms with Crippen molar-refractivity contribution in [3.63, 3.8) is 0 Å². The van der Waals surface area contributed by atoms with Gasteiger partial charge in [0.2, 0.25) is 11.8 Å². The number of ether oxygens (including phenoxy) is 1. The Bertz CT molecular complexity index is 824.